The Labute approximate surface area is 183 Å². The van der Waals surface area contributed by atoms with E-state index in [1.54, 1.807) is 0 Å². The fourth-order valence-corrected chi connectivity index (χ4v) is 4.17. The molecule has 30 heavy (non-hydrogen) atoms. The first kappa shape index (κ1) is 21.2. The lowest BCUT2D eigenvalue weighted by atomic mass is 9.97. The second-order valence-electron chi connectivity index (χ2n) is 8.18. The summed E-state index contributed by atoms with van der Waals surface area (Å²) in [5.41, 5.74) is 4.22. The van der Waals surface area contributed by atoms with Crippen molar-refractivity contribution in [3.8, 4) is 0 Å². The molecule has 2 aliphatic heterocycles. The Balaban J connectivity index is 1.32. The molecule has 0 atom stereocenters. The first-order valence-electron chi connectivity index (χ1n) is 10.7. The molecule has 7 heteroatoms. The van der Waals surface area contributed by atoms with Crippen molar-refractivity contribution in [2.75, 3.05) is 33.3 Å². The van der Waals surface area contributed by atoms with Crippen molar-refractivity contribution in [2.45, 2.75) is 32.5 Å². The molecule has 1 aromatic heterocycles. The van der Waals surface area contributed by atoms with Crippen molar-refractivity contribution in [1.29, 1.82) is 0 Å². The Morgan fingerprint density at radius 2 is 2.10 bits per heavy atom. The van der Waals surface area contributed by atoms with Crippen molar-refractivity contribution >= 4 is 23.1 Å². The fraction of sp³-hybridized carbons (Fsp3) is 0.478. The third-order valence-corrected chi connectivity index (χ3v) is 6.01. The number of ether oxygens (including phenoxy) is 1. The number of nitrogens with one attached hydrogen (secondary N) is 2. The summed E-state index contributed by atoms with van der Waals surface area (Å²) in [5, 5.41) is 7.69. The van der Waals surface area contributed by atoms with Gasteiger partial charge >= 0.3 is 0 Å². The van der Waals surface area contributed by atoms with Crippen molar-refractivity contribution in [1.82, 2.24) is 20.5 Å². The van der Waals surface area contributed by atoms with Gasteiger partial charge in [-0.3, -0.25) is 4.98 Å². The van der Waals surface area contributed by atoms with Crippen LogP contribution in [0.4, 0.5) is 5.69 Å². The number of aromatic nitrogens is 1. The molecule has 3 heterocycles. The summed E-state index contributed by atoms with van der Waals surface area (Å²) < 4.78 is 5.85. The predicted octanol–water partition coefficient (Wildman–Crippen LogP) is 3.52. The summed E-state index contributed by atoms with van der Waals surface area (Å²) in [5.74, 6) is 1.59. The second-order valence-corrected chi connectivity index (χ2v) is 8.61. The molecule has 0 radical (unpaired) electrons. The monoisotopic (exact) mass is 427 g/mol. The molecule has 2 aliphatic rings. The zero-order valence-electron chi connectivity index (χ0n) is 17.5. The smallest absolute Gasteiger partial charge is 0.129 e. The zero-order chi connectivity index (χ0) is 20.8. The van der Waals surface area contributed by atoms with E-state index in [1.807, 2.05) is 36.5 Å². The number of pyridine rings is 1. The average Bonchev–Trinajstić information content (AvgIpc) is 2.75. The van der Waals surface area contributed by atoms with Gasteiger partial charge in [0.1, 0.15) is 12.4 Å². The van der Waals surface area contributed by atoms with Gasteiger partial charge in [-0.05, 0) is 69.2 Å². The highest BCUT2D eigenvalue weighted by atomic mass is 35.5. The van der Waals surface area contributed by atoms with Crippen LogP contribution in [0.2, 0.25) is 5.02 Å². The van der Waals surface area contributed by atoms with E-state index >= 15 is 0 Å². The summed E-state index contributed by atoms with van der Waals surface area (Å²) in [6.45, 7) is 5.86. The van der Waals surface area contributed by atoms with Gasteiger partial charge in [-0.1, -0.05) is 23.7 Å². The number of nitrogens with zero attached hydrogens (tertiary/aromatic N) is 3. The van der Waals surface area contributed by atoms with Crippen LogP contribution in [0.3, 0.4) is 0 Å². The maximum atomic E-state index is 6.04. The van der Waals surface area contributed by atoms with Gasteiger partial charge in [0.2, 0.25) is 0 Å². The first-order valence-corrected chi connectivity index (χ1v) is 11.0. The molecular formula is C23H30ClN5O. The summed E-state index contributed by atoms with van der Waals surface area (Å²) in [4.78, 5) is 11.8. The number of aliphatic imine (C=N–C) groups is 1. The summed E-state index contributed by atoms with van der Waals surface area (Å²) >= 11 is 6.04. The number of likely N-dealkylation sites (tertiary alicyclic amines) is 1. The topological polar surface area (TPSA) is 61.8 Å². The van der Waals surface area contributed by atoms with Crippen molar-refractivity contribution in [3.05, 3.63) is 58.4 Å². The van der Waals surface area contributed by atoms with Crippen LogP contribution in [0, 0.1) is 5.92 Å². The Kier molecular flexibility index (Phi) is 7.33. The van der Waals surface area contributed by atoms with Crippen molar-refractivity contribution < 1.29 is 4.74 Å². The number of piperidine rings is 1. The van der Waals surface area contributed by atoms with E-state index < -0.39 is 0 Å². The molecule has 0 amide bonds. The summed E-state index contributed by atoms with van der Waals surface area (Å²) in [6, 6.07) is 9.77. The summed E-state index contributed by atoms with van der Waals surface area (Å²) in [6.07, 6.45) is 4.41. The van der Waals surface area contributed by atoms with E-state index in [4.69, 9.17) is 21.3 Å². The number of rotatable bonds is 8. The molecule has 0 spiro atoms. The highest BCUT2D eigenvalue weighted by molar-refractivity contribution is 6.30. The van der Waals surface area contributed by atoms with Crippen LogP contribution in [-0.4, -0.2) is 49.0 Å². The molecule has 1 fully saturated rings. The first-order chi connectivity index (χ1) is 14.7. The molecular weight excluding hydrogens is 398 g/mol. The van der Waals surface area contributed by atoms with E-state index in [0.29, 0.717) is 13.2 Å². The number of amidine groups is 1. The highest BCUT2D eigenvalue weighted by Gasteiger charge is 2.18. The van der Waals surface area contributed by atoms with Gasteiger partial charge in [0.15, 0.2) is 0 Å². The number of benzene rings is 1. The molecule has 0 bridgehead atoms. The lowest BCUT2D eigenvalue weighted by Gasteiger charge is -2.29. The van der Waals surface area contributed by atoms with Gasteiger partial charge in [0.25, 0.3) is 0 Å². The minimum Gasteiger partial charge on any atom is -0.369 e. The van der Waals surface area contributed by atoms with E-state index in [2.05, 4.69) is 27.6 Å². The minimum absolute atomic E-state index is 0.434. The molecule has 2 aromatic rings. The SMILES string of the molecule is CN1CCC(CNCc2nccc3c2N=C(COCc2cccc(Cl)c2)NC3)CC1. The van der Waals surface area contributed by atoms with Crippen LogP contribution in [0.15, 0.2) is 41.5 Å². The number of hydrogen-bond acceptors (Lipinski definition) is 6. The number of fused-ring (bicyclic) bond motifs is 1. The molecule has 0 saturated carbocycles. The van der Waals surface area contributed by atoms with E-state index in [9.17, 15) is 0 Å². The normalized spacial score (nSPS) is 17.3. The van der Waals surface area contributed by atoms with Crippen molar-refractivity contribution in [2.24, 2.45) is 10.9 Å². The molecule has 2 N–H and O–H groups in total. The maximum Gasteiger partial charge on any atom is 0.129 e. The molecule has 0 aliphatic carbocycles. The van der Waals surface area contributed by atoms with Crippen LogP contribution in [0.1, 0.15) is 29.7 Å². The standard InChI is InChI=1S/C23H30ClN5O/c1-29-9-6-17(7-10-29)12-25-14-21-23-19(5-8-26-21)13-27-22(28-23)16-30-15-18-3-2-4-20(24)11-18/h2-5,8,11,17,25H,6-7,9-10,12-16H2,1H3,(H,27,28). The van der Waals surface area contributed by atoms with Crippen LogP contribution in [-0.2, 0) is 24.4 Å². The predicted molar refractivity (Wildman–Crippen MR) is 121 cm³/mol. The van der Waals surface area contributed by atoms with E-state index in [1.165, 1.54) is 31.5 Å². The zero-order valence-corrected chi connectivity index (χ0v) is 18.3. The van der Waals surface area contributed by atoms with Crippen LogP contribution in [0.25, 0.3) is 0 Å². The van der Waals surface area contributed by atoms with Gasteiger partial charge in [0.05, 0.1) is 18.0 Å². The van der Waals surface area contributed by atoms with Gasteiger partial charge in [0, 0.05) is 29.9 Å². The molecule has 0 unspecified atom stereocenters. The minimum atomic E-state index is 0.434. The lowest BCUT2D eigenvalue weighted by molar-refractivity contribution is 0.156. The molecule has 1 aromatic carbocycles. The Morgan fingerprint density at radius 3 is 2.93 bits per heavy atom. The largest absolute Gasteiger partial charge is 0.369 e. The van der Waals surface area contributed by atoms with Crippen LogP contribution < -0.4 is 10.6 Å². The van der Waals surface area contributed by atoms with Gasteiger partial charge in [-0.2, -0.15) is 0 Å². The third kappa shape index (κ3) is 5.79. The van der Waals surface area contributed by atoms with Crippen LogP contribution >= 0.6 is 11.6 Å². The van der Waals surface area contributed by atoms with Crippen molar-refractivity contribution in [3.63, 3.8) is 0 Å². The fourth-order valence-electron chi connectivity index (χ4n) is 3.96. The Bertz CT molecular complexity index is 880. The number of hydrogen-bond donors (Lipinski definition) is 2. The van der Waals surface area contributed by atoms with Gasteiger partial charge < -0.3 is 20.3 Å². The maximum absolute atomic E-state index is 6.04. The van der Waals surface area contributed by atoms with Gasteiger partial charge in [-0.15, -0.1) is 0 Å². The quantitative estimate of drug-likeness (QED) is 0.675. The van der Waals surface area contributed by atoms with E-state index in [-0.39, 0.29) is 0 Å². The average molecular weight is 428 g/mol. The molecule has 4 rings (SSSR count). The molecule has 160 valence electrons. The third-order valence-electron chi connectivity index (χ3n) is 5.77. The molecule has 1 saturated heterocycles. The van der Waals surface area contributed by atoms with Gasteiger partial charge in [-0.25, -0.2) is 4.99 Å². The highest BCUT2D eigenvalue weighted by Crippen LogP contribution is 2.26. The second kappa shape index (κ2) is 10.4. The Morgan fingerprint density at radius 1 is 1.23 bits per heavy atom. The lowest BCUT2D eigenvalue weighted by Crippen LogP contribution is -2.35. The van der Waals surface area contributed by atoms with Crippen LogP contribution in [0.5, 0.6) is 0 Å². The Hall–Kier alpha value is -1.99. The molecule has 6 nitrogen and oxygen atoms in total. The summed E-state index contributed by atoms with van der Waals surface area (Å²) in [7, 11) is 2.20. The number of halogens is 1. The van der Waals surface area contributed by atoms with E-state index in [0.717, 1.165) is 53.4 Å².